The number of carbonyl (C=O) groups is 2. The van der Waals surface area contributed by atoms with Gasteiger partial charge in [-0.1, -0.05) is 11.6 Å². The molecule has 0 aromatic heterocycles. The molecule has 130 valence electrons. The van der Waals surface area contributed by atoms with Gasteiger partial charge in [0.1, 0.15) is 5.75 Å². The van der Waals surface area contributed by atoms with Gasteiger partial charge < -0.3 is 25.2 Å². The predicted octanol–water partition coefficient (Wildman–Crippen LogP) is 1.37. The number of likely N-dealkylation sites (tertiary alicyclic amines) is 1. The van der Waals surface area contributed by atoms with E-state index in [-0.39, 0.29) is 24.9 Å². The Labute approximate surface area is 144 Å². The summed E-state index contributed by atoms with van der Waals surface area (Å²) in [4.78, 5) is 24.5. The summed E-state index contributed by atoms with van der Waals surface area (Å²) in [6.45, 7) is 1.21. The van der Waals surface area contributed by atoms with E-state index in [4.69, 9.17) is 21.4 Å². The number of aliphatic hydroxyl groups is 1. The summed E-state index contributed by atoms with van der Waals surface area (Å²) in [7, 11) is 0. The predicted molar refractivity (Wildman–Crippen MR) is 86.7 cm³/mol. The first-order valence-electron chi connectivity index (χ1n) is 7.85. The Morgan fingerprint density at radius 2 is 2.21 bits per heavy atom. The third kappa shape index (κ3) is 3.42. The number of nitrogens with zero attached hydrogens (tertiary/aromatic N) is 1. The highest BCUT2D eigenvalue weighted by atomic mass is 35.5. The van der Waals surface area contributed by atoms with Crippen LogP contribution in [0.3, 0.4) is 0 Å². The Morgan fingerprint density at radius 3 is 2.92 bits per heavy atom. The molecule has 1 aromatic rings. The van der Waals surface area contributed by atoms with E-state index in [2.05, 4.69) is 5.32 Å². The second-order valence-corrected chi connectivity index (χ2v) is 6.53. The Hall–Kier alpha value is -1.99. The molecule has 0 spiro atoms. The van der Waals surface area contributed by atoms with E-state index in [0.717, 1.165) is 12.0 Å². The molecule has 0 aliphatic carbocycles. The largest absolute Gasteiger partial charge is 0.492 e. The molecule has 8 heteroatoms. The monoisotopic (exact) mass is 354 g/mol. The lowest BCUT2D eigenvalue weighted by molar-refractivity contribution is 0.0248. The zero-order chi connectivity index (χ0) is 17.3. The molecule has 7 nitrogen and oxygen atoms in total. The second-order valence-electron chi connectivity index (χ2n) is 6.09. The number of aliphatic hydroxyl groups excluding tert-OH is 1. The number of carboxylic acid groups (broad SMARTS) is 1. The van der Waals surface area contributed by atoms with Gasteiger partial charge in [0.05, 0.1) is 24.8 Å². The van der Waals surface area contributed by atoms with E-state index in [1.54, 1.807) is 12.1 Å². The molecule has 2 aliphatic rings. The average Bonchev–Trinajstić information content (AvgIpc) is 3.00. The van der Waals surface area contributed by atoms with E-state index in [1.807, 2.05) is 0 Å². The van der Waals surface area contributed by atoms with Crippen molar-refractivity contribution in [2.24, 2.45) is 5.92 Å². The highest BCUT2D eigenvalue weighted by Gasteiger charge is 2.30. The Bertz CT molecular complexity index is 666. The van der Waals surface area contributed by atoms with Crippen LogP contribution >= 0.6 is 11.6 Å². The number of amides is 2. The molecule has 0 saturated carbocycles. The van der Waals surface area contributed by atoms with E-state index in [1.165, 1.54) is 4.90 Å². The lowest BCUT2D eigenvalue weighted by Crippen LogP contribution is -2.49. The molecule has 0 bridgehead atoms. The van der Waals surface area contributed by atoms with Gasteiger partial charge in [-0.2, -0.15) is 0 Å². The molecule has 2 aliphatic heterocycles. The maximum Gasteiger partial charge on any atom is 0.407 e. The molecule has 2 amide bonds. The molecule has 3 N–H and O–H groups in total. The van der Waals surface area contributed by atoms with Crippen LogP contribution in [-0.4, -0.2) is 59.5 Å². The summed E-state index contributed by atoms with van der Waals surface area (Å²) in [5.74, 6) is 0.0827. The van der Waals surface area contributed by atoms with Crippen molar-refractivity contribution in [3.05, 3.63) is 28.3 Å². The molecule has 1 fully saturated rings. The number of β-amino-alcohol motifs (C(OH)–C–C–N with tert-alkyl or cyclic N) is 1. The number of hydrogen-bond donors (Lipinski definition) is 3. The number of halogens is 1. The number of hydrogen-bond acceptors (Lipinski definition) is 4. The zero-order valence-electron chi connectivity index (χ0n) is 13.0. The quantitative estimate of drug-likeness (QED) is 0.761. The topological polar surface area (TPSA) is 99.1 Å². The molecule has 2 unspecified atom stereocenters. The summed E-state index contributed by atoms with van der Waals surface area (Å²) in [6, 6.07) is 3.37. The van der Waals surface area contributed by atoms with E-state index in [0.29, 0.717) is 35.9 Å². The van der Waals surface area contributed by atoms with E-state index >= 15 is 0 Å². The van der Waals surface area contributed by atoms with Crippen LogP contribution in [-0.2, 0) is 6.42 Å². The van der Waals surface area contributed by atoms with Gasteiger partial charge in [0.25, 0.3) is 5.91 Å². The van der Waals surface area contributed by atoms with Crippen molar-refractivity contribution in [3.63, 3.8) is 0 Å². The van der Waals surface area contributed by atoms with Gasteiger partial charge in [0.2, 0.25) is 0 Å². The first-order chi connectivity index (χ1) is 11.5. The van der Waals surface area contributed by atoms with Gasteiger partial charge in [0.15, 0.2) is 0 Å². The molecule has 1 saturated heterocycles. The number of ether oxygens (including phenoxy) is 1. The smallest absolute Gasteiger partial charge is 0.407 e. The van der Waals surface area contributed by atoms with Crippen molar-refractivity contribution in [3.8, 4) is 5.75 Å². The van der Waals surface area contributed by atoms with Gasteiger partial charge in [0, 0.05) is 30.5 Å². The van der Waals surface area contributed by atoms with Crippen LogP contribution in [0.25, 0.3) is 0 Å². The lowest BCUT2D eigenvalue weighted by Gasteiger charge is -2.34. The minimum absolute atomic E-state index is 0.0611. The minimum Gasteiger partial charge on any atom is -0.492 e. The van der Waals surface area contributed by atoms with Crippen molar-refractivity contribution in [1.29, 1.82) is 0 Å². The fraction of sp³-hybridized carbons (Fsp3) is 0.500. The van der Waals surface area contributed by atoms with Crippen LogP contribution in [0.4, 0.5) is 4.79 Å². The fourth-order valence-corrected chi connectivity index (χ4v) is 3.39. The Kier molecular flexibility index (Phi) is 4.82. The van der Waals surface area contributed by atoms with Gasteiger partial charge in [-0.3, -0.25) is 4.79 Å². The molecular formula is C16H19ClN2O5. The van der Waals surface area contributed by atoms with Gasteiger partial charge in [-0.25, -0.2) is 4.79 Å². The average molecular weight is 355 g/mol. The van der Waals surface area contributed by atoms with Crippen molar-refractivity contribution in [2.75, 3.05) is 26.2 Å². The van der Waals surface area contributed by atoms with Crippen molar-refractivity contribution in [1.82, 2.24) is 10.2 Å². The number of rotatable bonds is 3. The van der Waals surface area contributed by atoms with Gasteiger partial charge in [-0.05, 0) is 24.1 Å². The maximum absolute atomic E-state index is 12.4. The SMILES string of the molecule is O=C(NCC1CCN(C(=O)O)CC1O)c1cc(Cl)cc2c1OCC2. The molecule has 1 aromatic carbocycles. The van der Waals surface area contributed by atoms with Crippen LogP contribution in [0.5, 0.6) is 5.75 Å². The lowest BCUT2D eigenvalue weighted by atomic mass is 9.94. The van der Waals surface area contributed by atoms with Gasteiger partial charge >= 0.3 is 6.09 Å². The first-order valence-corrected chi connectivity index (χ1v) is 8.23. The summed E-state index contributed by atoms with van der Waals surface area (Å²) in [5.41, 5.74) is 1.31. The van der Waals surface area contributed by atoms with E-state index in [9.17, 15) is 14.7 Å². The molecule has 3 rings (SSSR count). The second kappa shape index (κ2) is 6.86. The number of nitrogens with one attached hydrogen (secondary N) is 1. The normalized spacial score (nSPS) is 22.7. The third-order valence-electron chi connectivity index (χ3n) is 4.51. The Morgan fingerprint density at radius 1 is 1.42 bits per heavy atom. The summed E-state index contributed by atoms with van der Waals surface area (Å²) >= 11 is 6.05. The summed E-state index contributed by atoms with van der Waals surface area (Å²) in [5, 5.41) is 22.3. The van der Waals surface area contributed by atoms with Crippen LogP contribution in [0.15, 0.2) is 12.1 Å². The Balaban J connectivity index is 1.62. The number of benzene rings is 1. The summed E-state index contributed by atoms with van der Waals surface area (Å²) in [6.07, 6.45) is -0.611. The van der Waals surface area contributed by atoms with Gasteiger partial charge in [-0.15, -0.1) is 0 Å². The van der Waals surface area contributed by atoms with Crippen LogP contribution in [0, 0.1) is 5.92 Å². The number of carbonyl (C=O) groups excluding carboxylic acids is 1. The third-order valence-corrected chi connectivity index (χ3v) is 4.73. The molecule has 24 heavy (non-hydrogen) atoms. The number of fused-ring (bicyclic) bond motifs is 1. The highest BCUT2D eigenvalue weighted by molar-refractivity contribution is 6.31. The number of piperidine rings is 1. The van der Waals surface area contributed by atoms with Crippen LogP contribution in [0.1, 0.15) is 22.3 Å². The van der Waals surface area contributed by atoms with Crippen LogP contribution < -0.4 is 10.1 Å². The molecule has 2 heterocycles. The molecule has 2 atom stereocenters. The fourth-order valence-electron chi connectivity index (χ4n) is 3.15. The van der Waals surface area contributed by atoms with E-state index < -0.39 is 12.2 Å². The van der Waals surface area contributed by atoms with Crippen LogP contribution in [0.2, 0.25) is 5.02 Å². The first kappa shape index (κ1) is 16.9. The molecular weight excluding hydrogens is 336 g/mol. The van der Waals surface area contributed by atoms with Crippen molar-refractivity contribution in [2.45, 2.75) is 18.9 Å². The van der Waals surface area contributed by atoms with Crippen molar-refractivity contribution >= 4 is 23.6 Å². The maximum atomic E-state index is 12.4. The standard InChI is InChI=1S/C16H19ClN2O5/c17-11-5-9-2-4-24-14(9)12(6-11)15(21)18-7-10-1-3-19(16(22)23)8-13(10)20/h5-6,10,13,20H,1-4,7-8H2,(H,18,21)(H,22,23). The minimum atomic E-state index is -1.04. The molecule has 0 radical (unpaired) electrons. The van der Waals surface area contributed by atoms with Crippen molar-refractivity contribution < 1.29 is 24.5 Å². The summed E-state index contributed by atoms with van der Waals surface area (Å²) < 4.78 is 5.52. The highest BCUT2D eigenvalue weighted by Crippen LogP contribution is 2.32. The zero-order valence-corrected chi connectivity index (χ0v) is 13.8.